The molecule has 1 atom stereocenters. The van der Waals surface area contributed by atoms with Crippen LogP contribution in [0.5, 0.6) is 0 Å². The van der Waals surface area contributed by atoms with E-state index in [1.165, 1.54) is 0 Å². The monoisotopic (exact) mass is 504 g/mol. The number of nitrogens with zero attached hydrogens (tertiary/aromatic N) is 2. The van der Waals surface area contributed by atoms with Crippen molar-refractivity contribution in [1.29, 1.82) is 5.26 Å². The van der Waals surface area contributed by atoms with Gasteiger partial charge in [0.15, 0.2) is 0 Å². The van der Waals surface area contributed by atoms with Gasteiger partial charge in [0.25, 0.3) is 5.91 Å². The summed E-state index contributed by atoms with van der Waals surface area (Å²) in [6, 6.07) is 16.3. The van der Waals surface area contributed by atoms with E-state index in [1.54, 1.807) is 31.7 Å². The van der Waals surface area contributed by atoms with Crippen LogP contribution >= 0.6 is 0 Å². The van der Waals surface area contributed by atoms with Crippen molar-refractivity contribution in [3.63, 3.8) is 0 Å². The molecular weight excluding hydrogens is 472 g/mol. The molecule has 3 amide bonds. The molecule has 0 aliphatic carbocycles. The van der Waals surface area contributed by atoms with Gasteiger partial charge in [-0.1, -0.05) is 30.3 Å². The topological polar surface area (TPSA) is 121 Å². The number of ether oxygens (including phenoxy) is 2. The van der Waals surface area contributed by atoms with Gasteiger partial charge in [-0.15, -0.1) is 0 Å². The Balaban J connectivity index is 1.45. The summed E-state index contributed by atoms with van der Waals surface area (Å²) < 4.78 is 10.8. The molecule has 2 heterocycles. The Kier molecular flexibility index (Phi) is 7.50. The first-order valence-corrected chi connectivity index (χ1v) is 12.4. The summed E-state index contributed by atoms with van der Waals surface area (Å²) in [4.78, 5) is 40.5. The smallest absolute Gasteiger partial charge is 0.408 e. The van der Waals surface area contributed by atoms with Crippen LogP contribution in [0.4, 0.5) is 10.5 Å². The Labute approximate surface area is 216 Å². The molecule has 2 aliphatic heterocycles. The average molecular weight is 505 g/mol. The minimum atomic E-state index is -1.23. The van der Waals surface area contributed by atoms with Gasteiger partial charge in [-0.3, -0.25) is 9.59 Å². The van der Waals surface area contributed by atoms with E-state index in [0.29, 0.717) is 25.3 Å². The fourth-order valence-electron chi connectivity index (χ4n) is 4.61. The highest BCUT2D eigenvalue weighted by Gasteiger charge is 2.43. The van der Waals surface area contributed by atoms with Crippen LogP contribution in [0, 0.1) is 11.3 Å². The molecule has 2 aliphatic rings. The maximum absolute atomic E-state index is 13.4. The molecule has 2 N–H and O–H groups in total. The van der Waals surface area contributed by atoms with Gasteiger partial charge in [-0.2, -0.15) is 5.26 Å². The van der Waals surface area contributed by atoms with E-state index >= 15 is 0 Å². The lowest BCUT2D eigenvalue weighted by Crippen LogP contribution is -2.63. The van der Waals surface area contributed by atoms with Crippen molar-refractivity contribution in [2.24, 2.45) is 0 Å². The Morgan fingerprint density at radius 2 is 1.86 bits per heavy atom. The normalized spacial score (nSPS) is 17.4. The van der Waals surface area contributed by atoms with E-state index in [9.17, 15) is 19.6 Å². The molecular formula is C28H32N4O5. The third-order valence-electron chi connectivity index (χ3n) is 6.46. The fourth-order valence-corrected chi connectivity index (χ4v) is 4.61. The summed E-state index contributed by atoms with van der Waals surface area (Å²) in [5.41, 5.74) is 1.22. The lowest BCUT2D eigenvalue weighted by molar-refractivity contribution is -0.132. The first-order chi connectivity index (χ1) is 17.6. The number of anilines is 1. The molecule has 4 rings (SSSR count). The zero-order valence-corrected chi connectivity index (χ0v) is 21.4. The number of para-hydroxylation sites is 1. The number of carbonyl (C=O) groups excluding carboxylic acids is 3. The highest BCUT2D eigenvalue weighted by Crippen LogP contribution is 2.29. The summed E-state index contributed by atoms with van der Waals surface area (Å²) in [6.07, 6.45) is 0.108. The van der Waals surface area contributed by atoms with Gasteiger partial charge in [0, 0.05) is 43.7 Å². The number of carbonyl (C=O) groups is 3. The van der Waals surface area contributed by atoms with Gasteiger partial charge in [-0.25, -0.2) is 4.79 Å². The fraction of sp³-hybridized carbons (Fsp3) is 0.429. The van der Waals surface area contributed by atoms with Crippen molar-refractivity contribution in [3.05, 3.63) is 65.2 Å². The van der Waals surface area contributed by atoms with Crippen LogP contribution in [0.1, 0.15) is 55.1 Å². The summed E-state index contributed by atoms with van der Waals surface area (Å²) in [5.74, 6) is -0.507. The molecule has 0 saturated carbocycles. The van der Waals surface area contributed by atoms with E-state index in [0.717, 1.165) is 16.8 Å². The number of benzene rings is 2. The Morgan fingerprint density at radius 3 is 2.51 bits per heavy atom. The predicted molar refractivity (Wildman–Crippen MR) is 137 cm³/mol. The molecule has 194 valence electrons. The molecule has 0 unspecified atom stereocenters. The van der Waals surface area contributed by atoms with Crippen molar-refractivity contribution < 1.29 is 23.9 Å². The zero-order valence-electron chi connectivity index (χ0n) is 21.4. The lowest BCUT2D eigenvalue weighted by Gasteiger charge is -2.37. The number of hydrogen-bond donors (Lipinski definition) is 2. The summed E-state index contributed by atoms with van der Waals surface area (Å²) in [5, 5.41) is 15.4. The first-order valence-electron chi connectivity index (χ1n) is 12.4. The molecule has 9 heteroatoms. The van der Waals surface area contributed by atoms with Crippen LogP contribution in [0.25, 0.3) is 0 Å². The van der Waals surface area contributed by atoms with Crippen LogP contribution < -0.4 is 15.5 Å². The van der Waals surface area contributed by atoms with Gasteiger partial charge in [-0.05, 0) is 50.1 Å². The second-order valence-corrected chi connectivity index (χ2v) is 10.4. The molecule has 0 spiro atoms. The quantitative estimate of drug-likeness (QED) is 0.622. The van der Waals surface area contributed by atoms with Crippen molar-refractivity contribution in [1.82, 2.24) is 10.6 Å². The number of hydrogen-bond acceptors (Lipinski definition) is 6. The number of nitriles is 1. The number of rotatable bonds is 6. The summed E-state index contributed by atoms with van der Waals surface area (Å²) in [7, 11) is 0. The van der Waals surface area contributed by atoms with Gasteiger partial charge in [0.2, 0.25) is 5.91 Å². The maximum Gasteiger partial charge on any atom is 0.408 e. The molecule has 2 aromatic carbocycles. The highest BCUT2D eigenvalue weighted by atomic mass is 16.6. The van der Waals surface area contributed by atoms with Gasteiger partial charge in [0.05, 0.1) is 12.6 Å². The van der Waals surface area contributed by atoms with Gasteiger partial charge in [0.1, 0.15) is 17.2 Å². The molecule has 0 aromatic heterocycles. The highest BCUT2D eigenvalue weighted by molar-refractivity contribution is 6.10. The van der Waals surface area contributed by atoms with Gasteiger partial charge < -0.3 is 25.0 Å². The second kappa shape index (κ2) is 10.6. The molecule has 0 radical (unpaired) electrons. The summed E-state index contributed by atoms with van der Waals surface area (Å²) >= 11 is 0. The minimum absolute atomic E-state index is 0.0624. The van der Waals surface area contributed by atoms with Crippen LogP contribution in [0.15, 0.2) is 48.5 Å². The third kappa shape index (κ3) is 6.09. The van der Waals surface area contributed by atoms with Crippen LogP contribution in [-0.4, -0.2) is 48.3 Å². The van der Waals surface area contributed by atoms with E-state index in [2.05, 4.69) is 16.7 Å². The zero-order chi connectivity index (χ0) is 26.6. The van der Waals surface area contributed by atoms with Crippen molar-refractivity contribution in [2.45, 2.75) is 63.8 Å². The number of alkyl carbamates (subject to hydrolysis) is 1. The average Bonchev–Trinajstić information content (AvgIpc) is 3.19. The van der Waals surface area contributed by atoms with Gasteiger partial charge >= 0.3 is 6.09 Å². The minimum Gasteiger partial charge on any atom is -0.444 e. The second-order valence-electron chi connectivity index (χ2n) is 10.4. The van der Waals surface area contributed by atoms with Crippen LogP contribution in [-0.2, 0) is 27.2 Å². The number of fused-ring (bicyclic) bond motifs is 1. The Hall–Kier alpha value is -3.90. The third-order valence-corrected chi connectivity index (χ3v) is 6.46. The number of amides is 3. The Bertz CT molecular complexity index is 1210. The summed E-state index contributed by atoms with van der Waals surface area (Å²) in [6.45, 7) is 6.29. The largest absolute Gasteiger partial charge is 0.444 e. The van der Waals surface area contributed by atoms with Crippen LogP contribution in [0.3, 0.4) is 0 Å². The Morgan fingerprint density at radius 1 is 1.16 bits per heavy atom. The van der Waals surface area contributed by atoms with Crippen molar-refractivity contribution >= 4 is 23.6 Å². The molecule has 37 heavy (non-hydrogen) atoms. The first kappa shape index (κ1) is 26.2. The van der Waals surface area contributed by atoms with Crippen molar-refractivity contribution in [3.8, 4) is 6.07 Å². The molecule has 2 aromatic rings. The van der Waals surface area contributed by atoms with E-state index in [4.69, 9.17) is 9.47 Å². The van der Waals surface area contributed by atoms with E-state index in [1.807, 2.05) is 42.5 Å². The lowest BCUT2D eigenvalue weighted by atomic mass is 9.88. The maximum atomic E-state index is 13.4. The number of nitrogens with one attached hydrogen (secondary N) is 2. The standard InChI is InChI=1S/C28H32N4O5/c1-27(2,3)37-26(35)31-28(11-13-36-14-12-28)25(34)30-21(17-29)16-19-9-10-23-20(15-19)18-32(24(23)33)22-7-5-4-6-8-22/h4-10,15,21H,11-14,16,18H2,1-3H3,(H,30,34)(H,31,35)/t21-/m0/s1. The molecule has 0 bridgehead atoms. The van der Waals surface area contributed by atoms with Crippen LogP contribution in [0.2, 0.25) is 0 Å². The molecule has 9 nitrogen and oxygen atoms in total. The van der Waals surface area contributed by atoms with Crippen molar-refractivity contribution in [2.75, 3.05) is 18.1 Å². The van der Waals surface area contributed by atoms with E-state index in [-0.39, 0.29) is 25.2 Å². The molecule has 1 fully saturated rings. The predicted octanol–water partition coefficient (Wildman–Crippen LogP) is 3.47. The molecule has 1 saturated heterocycles. The SMILES string of the molecule is CC(C)(C)OC(=O)NC1(C(=O)N[C@H](C#N)Cc2ccc3c(c2)CN(c2ccccc2)C3=O)CCOCC1. The van der Waals surface area contributed by atoms with E-state index < -0.39 is 29.2 Å².